The van der Waals surface area contributed by atoms with Crippen LogP contribution in [0.5, 0.6) is 5.75 Å². The molecule has 2 aromatic heterocycles. The van der Waals surface area contributed by atoms with Crippen molar-refractivity contribution >= 4 is 22.8 Å². The summed E-state index contributed by atoms with van der Waals surface area (Å²) in [6.45, 7) is 0. The van der Waals surface area contributed by atoms with Crippen molar-refractivity contribution in [2.45, 2.75) is 6.42 Å². The summed E-state index contributed by atoms with van der Waals surface area (Å²) in [5.41, 5.74) is 4.10. The Labute approximate surface area is 160 Å². The molecule has 0 aliphatic heterocycles. The largest absolute Gasteiger partial charge is 0.497 e. The van der Waals surface area contributed by atoms with Crippen molar-refractivity contribution in [1.82, 2.24) is 15.0 Å². The standard InChI is InChI=1S/C21H18N4O3/c1-28-17-7-3-5-15(12-17)20(26)23-16-6-2-4-13(11-16)10-14-8-9-22-19-18(14)24-21(27)25-19/h2-9,11-12H,10H2,1H3,(H,23,26)(H2,22,24,25,27). The van der Waals surface area contributed by atoms with Crippen LogP contribution in [0, 0.1) is 0 Å². The van der Waals surface area contributed by atoms with Gasteiger partial charge in [0.15, 0.2) is 5.65 Å². The number of hydrogen-bond acceptors (Lipinski definition) is 4. The highest BCUT2D eigenvalue weighted by Gasteiger charge is 2.09. The number of aromatic amines is 2. The molecule has 0 radical (unpaired) electrons. The molecule has 0 bridgehead atoms. The van der Waals surface area contributed by atoms with Gasteiger partial charge in [-0.3, -0.25) is 9.78 Å². The Balaban J connectivity index is 1.55. The van der Waals surface area contributed by atoms with E-state index in [-0.39, 0.29) is 11.6 Å². The van der Waals surface area contributed by atoms with E-state index in [0.29, 0.717) is 34.6 Å². The van der Waals surface area contributed by atoms with Gasteiger partial charge in [-0.05, 0) is 53.9 Å². The maximum atomic E-state index is 12.5. The Morgan fingerprint density at radius 2 is 1.96 bits per heavy atom. The van der Waals surface area contributed by atoms with E-state index in [1.807, 2.05) is 30.3 Å². The van der Waals surface area contributed by atoms with Gasteiger partial charge in [-0.25, -0.2) is 9.78 Å². The van der Waals surface area contributed by atoms with Gasteiger partial charge in [0.05, 0.1) is 12.6 Å². The third kappa shape index (κ3) is 3.64. The highest BCUT2D eigenvalue weighted by Crippen LogP contribution is 2.19. The fourth-order valence-electron chi connectivity index (χ4n) is 3.08. The van der Waals surface area contributed by atoms with Crippen LogP contribution in [-0.2, 0) is 6.42 Å². The number of nitrogens with one attached hydrogen (secondary N) is 3. The zero-order chi connectivity index (χ0) is 19.5. The van der Waals surface area contributed by atoms with E-state index in [1.54, 1.807) is 37.6 Å². The lowest BCUT2D eigenvalue weighted by atomic mass is 10.0. The predicted molar refractivity (Wildman–Crippen MR) is 107 cm³/mol. The Bertz CT molecular complexity index is 1210. The summed E-state index contributed by atoms with van der Waals surface area (Å²) in [6, 6.07) is 16.5. The van der Waals surface area contributed by atoms with Crippen LogP contribution in [0.25, 0.3) is 11.2 Å². The molecule has 4 rings (SSSR count). The minimum Gasteiger partial charge on any atom is -0.497 e. The van der Waals surface area contributed by atoms with Gasteiger partial charge in [-0.15, -0.1) is 0 Å². The number of anilines is 1. The number of amides is 1. The van der Waals surface area contributed by atoms with E-state index in [9.17, 15) is 9.59 Å². The number of fused-ring (bicyclic) bond motifs is 1. The van der Waals surface area contributed by atoms with E-state index < -0.39 is 0 Å². The lowest BCUT2D eigenvalue weighted by molar-refractivity contribution is 0.102. The summed E-state index contributed by atoms with van der Waals surface area (Å²) >= 11 is 0. The van der Waals surface area contributed by atoms with E-state index >= 15 is 0 Å². The Hall–Kier alpha value is -3.87. The average Bonchev–Trinajstić information content (AvgIpc) is 3.09. The predicted octanol–water partition coefficient (Wildman–Crippen LogP) is 3.10. The summed E-state index contributed by atoms with van der Waals surface area (Å²) in [5, 5.41) is 2.91. The summed E-state index contributed by atoms with van der Waals surface area (Å²) in [6.07, 6.45) is 2.26. The lowest BCUT2D eigenvalue weighted by Crippen LogP contribution is -2.12. The highest BCUT2D eigenvalue weighted by atomic mass is 16.5. The summed E-state index contributed by atoms with van der Waals surface area (Å²) < 4.78 is 5.16. The van der Waals surface area contributed by atoms with E-state index in [1.165, 1.54) is 0 Å². The minimum atomic E-state index is -0.283. The molecular formula is C21H18N4O3. The van der Waals surface area contributed by atoms with Crippen molar-refractivity contribution in [1.29, 1.82) is 0 Å². The molecule has 0 fully saturated rings. The van der Waals surface area contributed by atoms with Crippen LogP contribution >= 0.6 is 0 Å². The van der Waals surface area contributed by atoms with Crippen molar-refractivity contribution in [2.75, 3.05) is 12.4 Å². The van der Waals surface area contributed by atoms with Crippen molar-refractivity contribution < 1.29 is 9.53 Å². The molecule has 0 saturated carbocycles. The van der Waals surface area contributed by atoms with Gasteiger partial charge >= 0.3 is 5.69 Å². The van der Waals surface area contributed by atoms with Crippen LogP contribution in [0.1, 0.15) is 21.5 Å². The second-order valence-electron chi connectivity index (χ2n) is 6.34. The maximum Gasteiger partial charge on any atom is 0.325 e. The Morgan fingerprint density at radius 1 is 1.11 bits per heavy atom. The van der Waals surface area contributed by atoms with Crippen LogP contribution in [-0.4, -0.2) is 28.0 Å². The maximum absolute atomic E-state index is 12.5. The molecule has 2 aromatic carbocycles. The van der Waals surface area contributed by atoms with E-state index in [2.05, 4.69) is 20.3 Å². The molecular weight excluding hydrogens is 356 g/mol. The zero-order valence-corrected chi connectivity index (χ0v) is 15.2. The number of hydrogen-bond donors (Lipinski definition) is 3. The fourth-order valence-corrected chi connectivity index (χ4v) is 3.08. The number of nitrogens with zero attached hydrogens (tertiary/aromatic N) is 1. The molecule has 28 heavy (non-hydrogen) atoms. The Kier molecular flexibility index (Phi) is 4.63. The summed E-state index contributed by atoms with van der Waals surface area (Å²) in [5.74, 6) is 0.418. The first kappa shape index (κ1) is 17.5. The van der Waals surface area contributed by atoms with Crippen LogP contribution in [0.4, 0.5) is 5.69 Å². The number of ether oxygens (including phenoxy) is 1. The molecule has 0 spiro atoms. The third-order valence-electron chi connectivity index (χ3n) is 4.42. The summed E-state index contributed by atoms with van der Waals surface area (Å²) in [7, 11) is 1.56. The SMILES string of the molecule is COc1cccc(C(=O)Nc2cccc(Cc3ccnc4[nH]c(=O)[nH]c34)c2)c1. The van der Waals surface area contributed by atoms with Gasteiger partial charge in [-0.2, -0.15) is 0 Å². The second-order valence-corrected chi connectivity index (χ2v) is 6.34. The number of pyridine rings is 1. The third-order valence-corrected chi connectivity index (χ3v) is 4.42. The van der Waals surface area contributed by atoms with Crippen molar-refractivity contribution in [3.05, 3.63) is 88.0 Å². The molecule has 1 amide bonds. The first-order valence-electron chi connectivity index (χ1n) is 8.72. The molecule has 0 atom stereocenters. The van der Waals surface area contributed by atoms with Gasteiger partial charge in [0.2, 0.25) is 0 Å². The molecule has 7 nitrogen and oxygen atoms in total. The van der Waals surface area contributed by atoms with Crippen molar-refractivity contribution in [2.24, 2.45) is 0 Å². The number of aromatic nitrogens is 3. The molecule has 3 N–H and O–H groups in total. The van der Waals surface area contributed by atoms with Crippen molar-refractivity contribution in [3.63, 3.8) is 0 Å². The smallest absolute Gasteiger partial charge is 0.325 e. The molecule has 140 valence electrons. The zero-order valence-electron chi connectivity index (χ0n) is 15.2. The van der Waals surface area contributed by atoms with Gasteiger partial charge in [0.1, 0.15) is 5.75 Å². The topological polar surface area (TPSA) is 99.9 Å². The molecule has 4 aromatic rings. The molecule has 7 heteroatoms. The lowest BCUT2D eigenvalue weighted by Gasteiger charge is -2.09. The first-order valence-corrected chi connectivity index (χ1v) is 8.72. The highest BCUT2D eigenvalue weighted by molar-refractivity contribution is 6.04. The van der Waals surface area contributed by atoms with E-state index in [0.717, 1.165) is 11.1 Å². The number of carbonyl (C=O) groups excluding carboxylic acids is 1. The first-order chi connectivity index (χ1) is 13.6. The van der Waals surface area contributed by atoms with Gasteiger partial charge in [0, 0.05) is 17.4 Å². The average molecular weight is 374 g/mol. The number of carbonyl (C=O) groups is 1. The number of rotatable bonds is 5. The van der Waals surface area contributed by atoms with Crippen molar-refractivity contribution in [3.8, 4) is 5.75 Å². The molecule has 0 unspecified atom stereocenters. The Morgan fingerprint density at radius 3 is 2.82 bits per heavy atom. The molecule has 0 saturated heterocycles. The van der Waals surface area contributed by atoms with Crippen LogP contribution in [0.2, 0.25) is 0 Å². The number of imidazole rings is 1. The summed E-state index contributed by atoms with van der Waals surface area (Å²) in [4.78, 5) is 33.6. The minimum absolute atomic E-state index is 0.211. The quantitative estimate of drug-likeness (QED) is 0.500. The van der Waals surface area contributed by atoms with Gasteiger partial charge in [-0.1, -0.05) is 18.2 Å². The van der Waals surface area contributed by atoms with Crippen LogP contribution < -0.4 is 15.7 Å². The second kappa shape index (κ2) is 7.40. The van der Waals surface area contributed by atoms with Gasteiger partial charge < -0.3 is 15.0 Å². The number of H-pyrrole nitrogens is 2. The van der Waals surface area contributed by atoms with Gasteiger partial charge in [0.25, 0.3) is 5.91 Å². The van der Waals surface area contributed by atoms with Crippen LogP contribution in [0.3, 0.4) is 0 Å². The fraction of sp³-hybridized carbons (Fsp3) is 0.0952. The number of benzene rings is 2. The normalized spacial score (nSPS) is 10.8. The molecule has 2 heterocycles. The van der Waals surface area contributed by atoms with Crippen LogP contribution in [0.15, 0.2) is 65.6 Å². The number of methoxy groups -OCH3 is 1. The molecule has 0 aliphatic carbocycles. The molecule has 0 aliphatic rings. The monoisotopic (exact) mass is 374 g/mol. The van der Waals surface area contributed by atoms with E-state index in [4.69, 9.17) is 4.74 Å².